The molecule has 3 aliphatic rings. The van der Waals surface area contributed by atoms with Gasteiger partial charge in [0.05, 0.1) is 22.5 Å². The molecule has 0 bridgehead atoms. The summed E-state index contributed by atoms with van der Waals surface area (Å²) in [5.41, 5.74) is 3.71. The van der Waals surface area contributed by atoms with Crippen molar-refractivity contribution in [1.29, 1.82) is 0 Å². The van der Waals surface area contributed by atoms with Crippen molar-refractivity contribution in [1.82, 2.24) is 10.2 Å². The first kappa shape index (κ1) is 20.2. The van der Waals surface area contributed by atoms with E-state index < -0.39 is 23.8 Å². The lowest BCUT2D eigenvalue weighted by atomic mass is 10.0. The van der Waals surface area contributed by atoms with Crippen LogP contribution in [0.5, 0.6) is 0 Å². The van der Waals surface area contributed by atoms with E-state index in [-0.39, 0.29) is 18.7 Å². The Kier molecular flexibility index (Phi) is 4.92. The topological polar surface area (TPSA) is 98.8 Å². The van der Waals surface area contributed by atoms with Crippen molar-refractivity contribution in [2.75, 3.05) is 23.3 Å². The molecule has 2 atom stereocenters. The minimum Gasteiger partial charge on any atom is -0.383 e. The summed E-state index contributed by atoms with van der Waals surface area (Å²) >= 11 is 0. The van der Waals surface area contributed by atoms with Gasteiger partial charge in [0.15, 0.2) is 0 Å². The van der Waals surface area contributed by atoms with E-state index in [1.54, 1.807) is 12.1 Å². The second kappa shape index (κ2) is 7.78. The molecule has 4 amide bonds. The highest BCUT2D eigenvalue weighted by Crippen LogP contribution is 2.32. The van der Waals surface area contributed by atoms with Gasteiger partial charge in [-0.15, -0.1) is 0 Å². The van der Waals surface area contributed by atoms with Crippen LogP contribution in [0, 0.1) is 5.92 Å². The summed E-state index contributed by atoms with van der Waals surface area (Å²) in [6, 6.07) is 12.5. The Labute approximate surface area is 185 Å². The van der Waals surface area contributed by atoms with Gasteiger partial charge in [0.2, 0.25) is 11.8 Å². The fourth-order valence-electron chi connectivity index (χ4n) is 4.71. The van der Waals surface area contributed by atoms with E-state index >= 15 is 0 Å². The van der Waals surface area contributed by atoms with Crippen LogP contribution in [0.1, 0.15) is 46.0 Å². The van der Waals surface area contributed by atoms with E-state index in [1.165, 1.54) is 0 Å². The summed E-state index contributed by atoms with van der Waals surface area (Å²) in [6.07, 6.45) is 0.258. The maximum atomic E-state index is 13.1. The Morgan fingerprint density at radius 2 is 1.78 bits per heavy atom. The summed E-state index contributed by atoms with van der Waals surface area (Å²) < 4.78 is 0. The fraction of sp³-hybridized carbons (Fsp3) is 0.333. The molecule has 0 saturated carbocycles. The molecule has 2 unspecified atom stereocenters. The van der Waals surface area contributed by atoms with E-state index in [9.17, 15) is 19.2 Å². The smallest absolute Gasteiger partial charge is 0.262 e. The largest absolute Gasteiger partial charge is 0.383 e. The van der Waals surface area contributed by atoms with Crippen LogP contribution in [-0.4, -0.2) is 47.7 Å². The number of piperidine rings is 1. The van der Waals surface area contributed by atoms with Crippen molar-refractivity contribution >= 4 is 35.0 Å². The van der Waals surface area contributed by atoms with Gasteiger partial charge in [-0.25, -0.2) is 0 Å². The summed E-state index contributed by atoms with van der Waals surface area (Å²) in [5.74, 6) is -1.51. The number of hydrogen-bond donors (Lipinski definition) is 2. The Bertz CT molecular complexity index is 1140. The van der Waals surface area contributed by atoms with E-state index in [0.717, 1.165) is 34.9 Å². The second-order valence-corrected chi connectivity index (χ2v) is 8.71. The molecule has 2 N–H and O–H groups in total. The molecule has 8 heteroatoms. The van der Waals surface area contributed by atoms with Gasteiger partial charge in [0, 0.05) is 26.1 Å². The molecule has 164 valence electrons. The molecule has 0 radical (unpaired) electrons. The van der Waals surface area contributed by atoms with Crippen LogP contribution in [0.2, 0.25) is 0 Å². The number of nitrogens with one attached hydrogen (secondary N) is 2. The van der Waals surface area contributed by atoms with Crippen molar-refractivity contribution in [2.45, 2.75) is 32.4 Å². The molecule has 3 aliphatic heterocycles. The first-order valence-electron chi connectivity index (χ1n) is 10.8. The summed E-state index contributed by atoms with van der Waals surface area (Å²) in [7, 11) is 0. The van der Waals surface area contributed by atoms with Crippen molar-refractivity contribution in [3.63, 3.8) is 0 Å². The van der Waals surface area contributed by atoms with Crippen LogP contribution in [0.4, 0.5) is 11.4 Å². The van der Waals surface area contributed by atoms with E-state index in [1.807, 2.05) is 18.2 Å². The maximum Gasteiger partial charge on any atom is 0.262 e. The van der Waals surface area contributed by atoms with Crippen molar-refractivity contribution in [3.8, 4) is 0 Å². The second-order valence-electron chi connectivity index (χ2n) is 8.71. The van der Waals surface area contributed by atoms with E-state index in [2.05, 4.69) is 34.6 Å². The molecule has 32 heavy (non-hydrogen) atoms. The number of para-hydroxylation sites is 2. The molecule has 0 aromatic heterocycles. The summed E-state index contributed by atoms with van der Waals surface area (Å²) in [6.45, 7) is 4.52. The normalized spacial score (nSPS) is 22.8. The molecular weight excluding hydrogens is 408 g/mol. The Balaban J connectivity index is 1.42. The molecule has 2 aromatic carbocycles. The standard InChI is InChI=1S/C24H24N4O4/c1-14-11-25-18-4-2-3-5-19(18)27(12-14)13-15-6-7-16-17(10-15)24(32)28(23(16)31)20-8-9-21(29)26-22(20)30/h2-7,10,14,20,25H,8-9,11-13H2,1H3,(H,26,29,30). The predicted octanol–water partition coefficient (Wildman–Crippen LogP) is 2.16. The van der Waals surface area contributed by atoms with Crippen LogP contribution in [0.25, 0.3) is 0 Å². The Morgan fingerprint density at radius 3 is 2.59 bits per heavy atom. The molecule has 1 saturated heterocycles. The van der Waals surface area contributed by atoms with E-state index in [0.29, 0.717) is 23.6 Å². The first-order chi connectivity index (χ1) is 15.4. The summed E-state index contributed by atoms with van der Waals surface area (Å²) in [4.78, 5) is 53.0. The van der Waals surface area contributed by atoms with Gasteiger partial charge in [-0.05, 0) is 42.2 Å². The number of fused-ring (bicyclic) bond motifs is 2. The maximum absolute atomic E-state index is 13.1. The third-order valence-electron chi connectivity index (χ3n) is 6.30. The van der Waals surface area contributed by atoms with E-state index in [4.69, 9.17) is 0 Å². The highest BCUT2D eigenvalue weighted by atomic mass is 16.2. The lowest BCUT2D eigenvalue weighted by Gasteiger charge is -2.27. The monoisotopic (exact) mass is 432 g/mol. The quantitative estimate of drug-likeness (QED) is 0.722. The molecular formula is C24H24N4O4. The molecule has 2 aromatic rings. The lowest BCUT2D eigenvalue weighted by Crippen LogP contribution is -2.54. The number of imide groups is 2. The number of benzene rings is 2. The van der Waals surface area contributed by atoms with Gasteiger partial charge >= 0.3 is 0 Å². The highest BCUT2D eigenvalue weighted by Gasteiger charge is 2.44. The molecule has 0 spiro atoms. The molecule has 0 aliphatic carbocycles. The predicted molar refractivity (Wildman–Crippen MR) is 118 cm³/mol. The zero-order valence-corrected chi connectivity index (χ0v) is 17.8. The van der Waals surface area contributed by atoms with Gasteiger partial charge < -0.3 is 10.2 Å². The number of amides is 4. The average molecular weight is 432 g/mol. The average Bonchev–Trinajstić information content (AvgIpc) is 2.91. The minimum absolute atomic E-state index is 0.107. The fourth-order valence-corrected chi connectivity index (χ4v) is 4.71. The zero-order chi connectivity index (χ0) is 22.4. The molecule has 5 rings (SSSR count). The van der Waals surface area contributed by atoms with Crippen LogP contribution < -0.4 is 15.5 Å². The molecule has 8 nitrogen and oxygen atoms in total. The number of rotatable bonds is 3. The van der Waals surface area contributed by atoms with Gasteiger partial charge in [-0.1, -0.05) is 25.1 Å². The van der Waals surface area contributed by atoms with Crippen LogP contribution >= 0.6 is 0 Å². The number of carbonyl (C=O) groups is 4. The zero-order valence-electron chi connectivity index (χ0n) is 17.8. The van der Waals surface area contributed by atoms with Gasteiger partial charge in [-0.3, -0.25) is 29.4 Å². The molecule has 1 fully saturated rings. The Hall–Kier alpha value is -3.68. The van der Waals surface area contributed by atoms with Crippen LogP contribution in [0.15, 0.2) is 42.5 Å². The SMILES string of the molecule is CC1CNc2ccccc2N(Cc2ccc3c(c2)C(=O)N(C2CCC(=O)NC2=O)C3=O)C1. The van der Waals surface area contributed by atoms with Crippen LogP contribution in [0.3, 0.4) is 0 Å². The number of anilines is 2. The van der Waals surface area contributed by atoms with Crippen molar-refractivity contribution in [2.24, 2.45) is 5.92 Å². The van der Waals surface area contributed by atoms with Gasteiger partial charge in [-0.2, -0.15) is 0 Å². The molecule has 3 heterocycles. The lowest BCUT2D eigenvalue weighted by molar-refractivity contribution is -0.136. The van der Waals surface area contributed by atoms with Gasteiger partial charge in [0.1, 0.15) is 6.04 Å². The number of nitrogens with zero attached hydrogens (tertiary/aromatic N) is 2. The minimum atomic E-state index is -0.951. The first-order valence-corrected chi connectivity index (χ1v) is 10.8. The van der Waals surface area contributed by atoms with Crippen molar-refractivity contribution < 1.29 is 19.2 Å². The number of carbonyl (C=O) groups excluding carboxylic acids is 4. The summed E-state index contributed by atoms with van der Waals surface area (Å²) in [5, 5.41) is 5.71. The van der Waals surface area contributed by atoms with Crippen molar-refractivity contribution in [3.05, 3.63) is 59.2 Å². The van der Waals surface area contributed by atoms with Gasteiger partial charge in [0.25, 0.3) is 11.8 Å². The third-order valence-corrected chi connectivity index (χ3v) is 6.30. The Morgan fingerprint density at radius 1 is 1.00 bits per heavy atom. The highest BCUT2D eigenvalue weighted by molar-refractivity contribution is 6.23. The number of hydrogen-bond acceptors (Lipinski definition) is 6. The van der Waals surface area contributed by atoms with Crippen LogP contribution in [-0.2, 0) is 16.1 Å². The third kappa shape index (κ3) is 3.41.